The van der Waals surface area contributed by atoms with Gasteiger partial charge in [-0.25, -0.2) is 9.97 Å². The van der Waals surface area contributed by atoms with Crippen LogP contribution in [0.2, 0.25) is 0 Å². The molecule has 2 aromatic carbocycles. The summed E-state index contributed by atoms with van der Waals surface area (Å²) in [6.07, 6.45) is 4.35. The smallest absolute Gasteiger partial charge is 0.208 e. The lowest BCUT2D eigenvalue weighted by molar-refractivity contribution is 0.00506. The molecule has 1 fully saturated rings. The molecule has 4 aromatic rings. The van der Waals surface area contributed by atoms with E-state index in [1.807, 2.05) is 16.5 Å². The van der Waals surface area contributed by atoms with Crippen molar-refractivity contribution in [2.24, 2.45) is 0 Å². The number of nitriles is 1. The fourth-order valence-corrected chi connectivity index (χ4v) is 5.03. The minimum Gasteiger partial charge on any atom is -0.493 e. The predicted molar refractivity (Wildman–Crippen MR) is 137 cm³/mol. The average molecular weight is 482 g/mol. The number of benzene rings is 2. The lowest BCUT2D eigenvalue weighted by atomic mass is 10.0. The summed E-state index contributed by atoms with van der Waals surface area (Å²) in [7, 11) is 2.12. The van der Waals surface area contributed by atoms with Crippen LogP contribution in [-0.4, -0.2) is 52.7 Å². The van der Waals surface area contributed by atoms with Crippen LogP contribution in [0.3, 0.4) is 0 Å². The number of nitrogens with one attached hydrogen (secondary N) is 1. The number of nitrogen functional groups attached to an aromatic ring is 1. The van der Waals surface area contributed by atoms with Crippen LogP contribution in [-0.2, 0) is 17.7 Å². The van der Waals surface area contributed by atoms with Crippen LogP contribution in [0.5, 0.6) is 5.75 Å². The van der Waals surface area contributed by atoms with Crippen molar-refractivity contribution in [3.05, 3.63) is 71.2 Å². The Morgan fingerprint density at radius 2 is 2.06 bits per heavy atom. The fourth-order valence-electron chi connectivity index (χ4n) is 5.03. The molecule has 0 aliphatic carbocycles. The maximum Gasteiger partial charge on any atom is 0.208 e. The van der Waals surface area contributed by atoms with E-state index in [4.69, 9.17) is 20.2 Å². The van der Waals surface area contributed by atoms with E-state index in [0.29, 0.717) is 37.0 Å². The Kier molecular flexibility index (Phi) is 5.68. The molecule has 36 heavy (non-hydrogen) atoms. The van der Waals surface area contributed by atoms with Gasteiger partial charge in [0.25, 0.3) is 0 Å². The van der Waals surface area contributed by atoms with E-state index in [9.17, 15) is 5.26 Å². The van der Waals surface area contributed by atoms with Gasteiger partial charge in [0, 0.05) is 48.1 Å². The third-order valence-corrected chi connectivity index (χ3v) is 7.07. The summed E-state index contributed by atoms with van der Waals surface area (Å²) < 4.78 is 13.2. The van der Waals surface area contributed by atoms with Crippen molar-refractivity contribution in [1.29, 1.82) is 5.26 Å². The summed E-state index contributed by atoms with van der Waals surface area (Å²) in [4.78, 5) is 11.6. The number of anilines is 2. The van der Waals surface area contributed by atoms with Crippen molar-refractivity contribution < 1.29 is 9.47 Å². The minimum absolute atomic E-state index is 0.242. The molecule has 1 saturated heterocycles. The quantitative estimate of drug-likeness (QED) is 0.417. The number of aromatic nitrogens is 3. The summed E-state index contributed by atoms with van der Waals surface area (Å²) >= 11 is 0. The monoisotopic (exact) mass is 481 g/mol. The Morgan fingerprint density at radius 3 is 2.86 bits per heavy atom. The molecule has 2 aliphatic heterocycles. The van der Waals surface area contributed by atoms with Crippen LogP contribution in [0.4, 0.5) is 11.6 Å². The van der Waals surface area contributed by atoms with Gasteiger partial charge in [-0.2, -0.15) is 5.26 Å². The lowest BCUT2D eigenvalue weighted by Crippen LogP contribution is -2.36. The first-order valence-corrected chi connectivity index (χ1v) is 12.1. The molecule has 182 valence electrons. The zero-order valence-electron chi connectivity index (χ0n) is 20.1. The van der Waals surface area contributed by atoms with Gasteiger partial charge >= 0.3 is 0 Å². The molecule has 4 heterocycles. The van der Waals surface area contributed by atoms with Gasteiger partial charge in [0.05, 0.1) is 32.1 Å². The molecular formula is C27H27N7O2. The molecular weight excluding hydrogens is 454 g/mol. The molecule has 3 N–H and O–H groups in total. The number of hydrogen-bond acceptors (Lipinski definition) is 8. The standard InChI is InChI=1S/C27H27N7O2/c1-33-9-11-35-16-24(33)18-4-2-17(3-5-18)21-13-30-27(34-15-19(12-28)32-26(21)34)31-14-22-20-8-10-36-25(20)7-6-23(22)29/h2-7,13,15,24H,8-11,14,16,29H2,1H3,(H,30,31). The molecule has 2 aliphatic rings. The zero-order valence-corrected chi connectivity index (χ0v) is 20.1. The van der Waals surface area contributed by atoms with E-state index in [1.54, 1.807) is 12.4 Å². The summed E-state index contributed by atoms with van der Waals surface area (Å²) in [5.41, 5.74) is 13.2. The SMILES string of the molecule is CN1CCOCC1c1ccc(-c2cnc(NCc3c(N)ccc4c3CCO4)n3cc(C#N)nc23)cc1. The Labute approximate surface area is 209 Å². The second-order valence-electron chi connectivity index (χ2n) is 9.18. The number of ether oxygens (including phenoxy) is 2. The number of imidazole rings is 1. The molecule has 1 unspecified atom stereocenters. The molecule has 0 bridgehead atoms. The molecule has 0 spiro atoms. The number of rotatable bonds is 5. The third-order valence-electron chi connectivity index (χ3n) is 7.07. The Hall–Kier alpha value is -4.13. The van der Waals surface area contributed by atoms with Gasteiger partial charge in [-0.15, -0.1) is 0 Å². The Bertz CT molecular complexity index is 1470. The van der Waals surface area contributed by atoms with E-state index in [1.165, 1.54) is 5.56 Å². The van der Waals surface area contributed by atoms with E-state index in [-0.39, 0.29) is 6.04 Å². The van der Waals surface area contributed by atoms with Crippen LogP contribution < -0.4 is 15.8 Å². The van der Waals surface area contributed by atoms with Crippen LogP contribution in [0.25, 0.3) is 16.8 Å². The van der Waals surface area contributed by atoms with Gasteiger partial charge in [0.2, 0.25) is 5.95 Å². The summed E-state index contributed by atoms with van der Waals surface area (Å²) in [5, 5.41) is 12.9. The number of nitrogens with two attached hydrogens (primary N) is 1. The van der Waals surface area contributed by atoms with Gasteiger partial charge in [-0.3, -0.25) is 9.30 Å². The number of nitrogens with zero attached hydrogens (tertiary/aromatic N) is 5. The fraction of sp³-hybridized carbons (Fsp3) is 0.296. The number of fused-ring (bicyclic) bond motifs is 2. The zero-order chi connectivity index (χ0) is 24.6. The van der Waals surface area contributed by atoms with Gasteiger partial charge in [0.15, 0.2) is 11.3 Å². The maximum atomic E-state index is 9.53. The Balaban J connectivity index is 1.32. The first kappa shape index (κ1) is 22.3. The van der Waals surface area contributed by atoms with Crippen LogP contribution in [0.15, 0.2) is 48.8 Å². The van der Waals surface area contributed by atoms with Gasteiger partial charge in [-0.1, -0.05) is 24.3 Å². The second kappa shape index (κ2) is 9.15. The topological polar surface area (TPSA) is 114 Å². The highest BCUT2D eigenvalue weighted by molar-refractivity contribution is 5.78. The maximum absolute atomic E-state index is 9.53. The first-order valence-electron chi connectivity index (χ1n) is 12.1. The number of hydrogen-bond donors (Lipinski definition) is 2. The predicted octanol–water partition coefficient (Wildman–Crippen LogP) is 3.40. The average Bonchev–Trinajstić information content (AvgIpc) is 3.56. The molecule has 9 heteroatoms. The number of morpholine rings is 1. The van der Waals surface area contributed by atoms with Crippen LogP contribution in [0.1, 0.15) is 28.4 Å². The van der Waals surface area contributed by atoms with E-state index >= 15 is 0 Å². The minimum atomic E-state index is 0.242. The number of likely N-dealkylation sites (N-methyl/N-ethyl adjacent to an activating group) is 1. The van der Waals surface area contributed by atoms with Crippen LogP contribution >= 0.6 is 0 Å². The molecule has 0 radical (unpaired) electrons. The second-order valence-corrected chi connectivity index (χ2v) is 9.18. The van der Waals surface area contributed by atoms with Crippen LogP contribution in [0, 0.1) is 11.3 Å². The summed E-state index contributed by atoms with van der Waals surface area (Å²) in [5.74, 6) is 1.48. The highest BCUT2D eigenvalue weighted by Gasteiger charge is 2.22. The summed E-state index contributed by atoms with van der Waals surface area (Å²) in [6, 6.07) is 14.6. The van der Waals surface area contributed by atoms with Crippen molar-refractivity contribution >= 4 is 17.3 Å². The van der Waals surface area contributed by atoms with E-state index < -0.39 is 0 Å². The highest BCUT2D eigenvalue weighted by Crippen LogP contribution is 2.33. The van der Waals surface area contributed by atoms with E-state index in [0.717, 1.165) is 53.3 Å². The molecule has 0 saturated carbocycles. The van der Waals surface area contributed by atoms with Crippen molar-refractivity contribution in [3.8, 4) is 22.9 Å². The summed E-state index contributed by atoms with van der Waals surface area (Å²) in [6.45, 7) is 3.53. The van der Waals surface area contributed by atoms with Crippen molar-refractivity contribution in [2.75, 3.05) is 44.5 Å². The molecule has 6 rings (SSSR count). The van der Waals surface area contributed by atoms with Gasteiger partial charge in [-0.05, 0) is 30.3 Å². The molecule has 9 nitrogen and oxygen atoms in total. The molecule has 0 amide bonds. The van der Waals surface area contributed by atoms with E-state index in [2.05, 4.69) is 52.6 Å². The highest BCUT2D eigenvalue weighted by atomic mass is 16.5. The molecule has 1 atom stereocenters. The van der Waals surface area contributed by atoms with Gasteiger partial charge < -0.3 is 20.5 Å². The van der Waals surface area contributed by atoms with Gasteiger partial charge in [0.1, 0.15) is 11.8 Å². The molecule has 2 aromatic heterocycles. The lowest BCUT2D eigenvalue weighted by Gasteiger charge is -2.32. The normalized spacial score (nSPS) is 17.5. The van der Waals surface area contributed by atoms with Crippen molar-refractivity contribution in [1.82, 2.24) is 19.3 Å². The van der Waals surface area contributed by atoms with Crippen molar-refractivity contribution in [2.45, 2.75) is 19.0 Å². The largest absolute Gasteiger partial charge is 0.493 e. The first-order chi connectivity index (χ1) is 17.6. The van der Waals surface area contributed by atoms with Crippen molar-refractivity contribution in [3.63, 3.8) is 0 Å². The third kappa shape index (κ3) is 3.90. The Morgan fingerprint density at radius 1 is 1.19 bits per heavy atom.